The van der Waals surface area contributed by atoms with Crippen molar-refractivity contribution >= 4 is 29.1 Å². The van der Waals surface area contributed by atoms with E-state index in [0.717, 1.165) is 12.3 Å². The number of hydrogen-bond donors (Lipinski definition) is 2. The van der Waals surface area contributed by atoms with Crippen LogP contribution in [0.3, 0.4) is 0 Å². The van der Waals surface area contributed by atoms with Crippen molar-refractivity contribution in [3.8, 4) is 0 Å². The lowest BCUT2D eigenvalue weighted by atomic mass is 10.2. The van der Waals surface area contributed by atoms with E-state index in [-0.39, 0.29) is 0 Å². The van der Waals surface area contributed by atoms with Gasteiger partial charge in [-0.15, -0.1) is 0 Å². The molecule has 0 spiro atoms. The smallest absolute Gasteiger partial charge is 0.163 e. The molecule has 0 aromatic heterocycles. The fraction of sp³-hybridized carbons (Fsp3) is 0.833. The van der Waals surface area contributed by atoms with Crippen molar-refractivity contribution in [2.24, 2.45) is 11.7 Å². The molecule has 0 fully saturated rings. The van der Waals surface area contributed by atoms with Gasteiger partial charge in [0.05, 0.1) is 0 Å². The van der Waals surface area contributed by atoms with Crippen LogP contribution in [0.4, 0.5) is 0 Å². The molecule has 0 heterocycles. The van der Waals surface area contributed by atoms with Crippen molar-refractivity contribution in [2.75, 3.05) is 18.6 Å². The zero-order chi connectivity index (χ0) is 7.98. The molecule has 0 radical (unpaired) electrons. The molecule has 2 nitrogen and oxygen atoms in total. The Morgan fingerprint density at radius 3 is 2.80 bits per heavy atom. The second kappa shape index (κ2) is 5.80. The van der Waals surface area contributed by atoms with E-state index in [1.807, 2.05) is 11.8 Å². The lowest BCUT2D eigenvalue weighted by molar-refractivity contribution is 0.636. The Balaban J connectivity index is 3.21. The Labute approximate surface area is 71.9 Å². The van der Waals surface area contributed by atoms with Gasteiger partial charge in [0.2, 0.25) is 0 Å². The van der Waals surface area contributed by atoms with Gasteiger partial charge in [0.15, 0.2) is 5.11 Å². The van der Waals surface area contributed by atoms with Crippen molar-refractivity contribution in [1.29, 1.82) is 0 Å². The second-order valence-electron chi connectivity index (χ2n) is 2.31. The van der Waals surface area contributed by atoms with Crippen molar-refractivity contribution in [2.45, 2.75) is 6.92 Å². The van der Waals surface area contributed by atoms with E-state index < -0.39 is 0 Å². The summed E-state index contributed by atoms with van der Waals surface area (Å²) in [6, 6.07) is 0. The van der Waals surface area contributed by atoms with E-state index in [4.69, 9.17) is 5.73 Å². The minimum Gasteiger partial charge on any atom is -0.376 e. The van der Waals surface area contributed by atoms with Crippen LogP contribution in [0.2, 0.25) is 0 Å². The Kier molecular flexibility index (Phi) is 5.82. The Morgan fingerprint density at radius 2 is 2.40 bits per heavy atom. The van der Waals surface area contributed by atoms with Crippen molar-refractivity contribution in [3.63, 3.8) is 0 Å². The first-order valence-corrected chi connectivity index (χ1v) is 4.99. The zero-order valence-electron chi connectivity index (χ0n) is 6.39. The maximum Gasteiger partial charge on any atom is 0.163 e. The first kappa shape index (κ1) is 10.0. The van der Waals surface area contributed by atoms with Crippen LogP contribution in [0.5, 0.6) is 0 Å². The van der Waals surface area contributed by atoms with Crippen LogP contribution in [0.25, 0.3) is 0 Å². The summed E-state index contributed by atoms with van der Waals surface area (Å²) in [6.07, 6.45) is 2.09. The molecule has 60 valence electrons. The van der Waals surface area contributed by atoms with Gasteiger partial charge < -0.3 is 11.1 Å². The molecule has 0 aromatic carbocycles. The molecule has 10 heavy (non-hydrogen) atoms. The van der Waals surface area contributed by atoms with Crippen LogP contribution in [-0.4, -0.2) is 23.7 Å². The van der Waals surface area contributed by atoms with Crippen molar-refractivity contribution < 1.29 is 0 Å². The average molecular weight is 178 g/mol. The maximum atomic E-state index is 5.25. The summed E-state index contributed by atoms with van der Waals surface area (Å²) in [4.78, 5) is 0. The van der Waals surface area contributed by atoms with E-state index in [1.54, 1.807) is 0 Å². The Morgan fingerprint density at radius 1 is 1.80 bits per heavy atom. The monoisotopic (exact) mass is 178 g/mol. The summed E-state index contributed by atoms with van der Waals surface area (Å²) in [5.74, 6) is 1.78. The van der Waals surface area contributed by atoms with Crippen LogP contribution in [0.1, 0.15) is 6.92 Å². The maximum absolute atomic E-state index is 5.25. The number of nitrogens with one attached hydrogen (secondary N) is 1. The number of rotatable bonds is 4. The molecule has 1 atom stereocenters. The van der Waals surface area contributed by atoms with Crippen LogP contribution in [0, 0.1) is 5.92 Å². The molecule has 0 aliphatic rings. The largest absolute Gasteiger partial charge is 0.376 e. The fourth-order valence-corrected chi connectivity index (χ4v) is 1.39. The van der Waals surface area contributed by atoms with Crippen LogP contribution in [0.15, 0.2) is 0 Å². The Bertz CT molecular complexity index is 106. The van der Waals surface area contributed by atoms with Crippen LogP contribution >= 0.6 is 24.0 Å². The first-order valence-electron chi connectivity index (χ1n) is 3.19. The SMILES string of the molecule is CSCC(C)CNC(N)=S. The summed E-state index contributed by atoms with van der Waals surface area (Å²) < 4.78 is 0. The molecule has 0 amide bonds. The van der Waals surface area contributed by atoms with Gasteiger partial charge in [-0.25, -0.2) is 0 Å². The summed E-state index contributed by atoms with van der Waals surface area (Å²) in [7, 11) is 0. The first-order chi connectivity index (χ1) is 4.66. The van der Waals surface area contributed by atoms with Gasteiger partial charge in [-0.1, -0.05) is 6.92 Å². The fourth-order valence-electron chi connectivity index (χ4n) is 0.618. The minimum absolute atomic E-state index is 0.396. The molecular formula is C6H14N2S2. The van der Waals surface area contributed by atoms with E-state index in [1.165, 1.54) is 0 Å². The third-order valence-corrected chi connectivity index (χ3v) is 2.12. The second-order valence-corrected chi connectivity index (χ2v) is 3.66. The summed E-state index contributed by atoms with van der Waals surface area (Å²) >= 11 is 6.50. The molecule has 0 saturated carbocycles. The van der Waals surface area contributed by atoms with Gasteiger partial charge in [0.1, 0.15) is 0 Å². The van der Waals surface area contributed by atoms with Crippen molar-refractivity contribution in [3.05, 3.63) is 0 Å². The quantitative estimate of drug-likeness (QED) is 0.625. The highest BCUT2D eigenvalue weighted by atomic mass is 32.2. The minimum atomic E-state index is 0.396. The van der Waals surface area contributed by atoms with Gasteiger partial charge in [-0.05, 0) is 30.1 Å². The highest BCUT2D eigenvalue weighted by molar-refractivity contribution is 7.98. The highest BCUT2D eigenvalue weighted by Crippen LogP contribution is 2.01. The molecule has 0 bridgehead atoms. The van der Waals surface area contributed by atoms with Gasteiger partial charge in [0, 0.05) is 6.54 Å². The summed E-state index contributed by atoms with van der Waals surface area (Å²) in [5, 5.41) is 3.32. The molecule has 0 aliphatic heterocycles. The number of hydrogen-bond acceptors (Lipinski definition) is 2. The lowest BCUT2D eigenvalue weighted by Gasteiger charge is -2.09. The predicted molar refractivity (Wildman–Crippen MR) is 52.3 cm³/mol. The van der Waals surface area contributed by atoms with Crippen molar-refractivity contribution in [1.82, 2.24) is 5.32 Å². The van der Waals surface area contributed by atoms with E-state index in [9.17, 15) is 0 Å². The van der Waals surface area contributed by atoms with E-state index >= 15 is 0 Å². The van der Waals surface area contributed by atoms with Gasteiger partial charge in [-0.3, -0.25) is 0 Å². The molecule has 3 N–H and O–H groups in total. The summed E-state index contributed by atoms with van der Waals surface area (Å²) in [6.45, 7) is 3.05. The zero-order valence-corrected chi connectivity index (χ0v) is 8.02. The number of nitrogens with two attached hydrogens (primary N) is 1. The van der Waals surface area contributed by atoms with Gasteiger partial charge in [0.25, 0.3) is 0 Å². The highest BCUT2D eigenvalue weighted by Gasteiger charge is 1.99. The average Bonchev–Trinajstić information content (AvgIpc) is 1.85. The molecule has 0 aliphatic carbocycles. The third-order valence-electron chi connectivity index (χ3n) is 1.08. The van der Waals surface area contributed by atoms with Crippen LogP contribution in [-0.2, 0) is 0 Å². The third kappa shape index (κ3) is 6.16. The molecule has 1 unspecified atom stereocenters. The number of thioether (sulfide) groups is 1. The van der Waals surface area contributed by atoms with E-state index in [2.05, 4.69) is 30.7 Å². The molecule has 4 heteroatoms. The van der Waals surface area contributed by atoms with Gasteiger partial charge in [-0.2, -0.15) is 11.8 Å². The van der Waals surface area contributed by atoms with E-state index in [0.29, 0.717) is 11.0 Å². The lowest BCUT2D eigenvalue weighted by Crippen LogP contribution is -2.33. The molecule has 0 aromatic rings. The standard InChI is InChI=1S/C6H14N2S2/c1-5(4-10-2)3-8-6(7)9/h5H,3-4H2,1-2H3,(H3,7,8,9). The molecule has 0 rings (SSSR count). The topological polar surface area (TPSA) is 38.0 Å². The van der Waals surface area contributed by atoms with Gasteiger partial charge >= 0.3 is 0 Å². The number of thiocarbonyl (C=S) groups is 1. The van der Waals surface area contributed by atoms with Crippen LogP contribution < -0.4 is 11.1 Å². The predicted octanol–water partition coefficient (Wildman–Crippen LogP) is 0.819. The molecule has 0 saturated heterocycles. The normalized spacial score (nSPS) is 12.6. The Hall–Kier alpha value is 0.0400. The molecular weight excluding hydrogens is 164 g/mol. The summed E-state index contributed by atoms with van der Waals surface area (Å²) in [5.41, 5.74) is 5.25.